The van der Waals surface area contributed by atoms with Crippen molar-refractivity contribution in [2.45, 2.75) is 19.9 Å². The van der Waals surface area contributed by atoms with E-state index in [9.17, 15) is 14.0 Å². The lowest BCUT2D eigenvalue weighted by Gasteiger charge is -2.16. The minimum Gasteiger partial charge on any atom is -0.338 e. The maximum atomic E-state index is 12.9. The Bertz CT molecular complexity index is 731. The molecule has 1 aromatic heterocycles. The standard InChI is InChI=1S/C15H15FN4O2S/c1-9-18-19-15(23-9)17-14(22)11-6-13(21)20(8-11)7-10-2-4-12(16)5-3-10/h2-5,11H,6-8H2,1H3,(H,17,19,22). The lowest BCUT2D eigenvalue weighted by atomic mass is 10.1. The molecule has 1 aliphatic rings. The first kappa shape index (κ1) is 15.5. The zero-order valence-electron chi connectivity index (χ0n) is 12.5. The van der Waals surface area contributed by atoms with Gasteiger partial charge in [0.1, 0.15) is 10.8 Å². The van der Waals surface area contributed by atoms with Gasteiger partial charge < -0.3 is 10.2 Å². The number of halogens is 1. The van der Waals surface area contributed by atoms with Crippen LogP contribution in [-0.2, 0) is 16.1 Å². The highest BCUT2D eigenvalue weighted by atomic mass is 32.1. The predicted molar refractivity (Wildman–Crippen MR) is 83.2 cm³/mol. The van der Waals surface area contributed by atoms with Gasteiger partial charge in [0, 0.05) is 19.5 Å². The number of rotatable bonds is 4. The summed E-state index contributed by atoms with van der Waals surface area (Å²) in [5, 5.41) is 11.6. The van der Waals surface area contributed by atoms with Gasteiger partial charge in [0.15, 0.2) is 0 Å². The molecular weight excluding hydrogens is 319 g/mol. The van der Waals surface area contributed by atoms with E-state index in [4.69, 9.17) is 0 Å². The van der Waals surface area contributed by atoms with Crippen molar-refractivity contribution in [3.8, 4) is 0 Å². The average molecular weight is 334 g/mol. The summed E-state index contributed by atoms with van der Waals surface area (Å²) in [7, 11) is 0. The lowest BCUT2D eigenvalue weighted by molar-refractivity contribution is -0.128. The van der Waals surface area contributed by atoms with E-state index in [1.165, 1.54) is 23.5 Å². The molecular formula is C15H15FN4O2S. The van der Waals surface area contributed by atoms with Crippen LogP contribution < -0.4 is 5.32 Å². The Kier molecular flexibility index (Phi) is 4.33. The molecule has 23 heavy (non-hydrogen) atoms. The Morgan fingerprint density at radius 1 is 1.39 bits per heavy atom. The zero-order valence-corrected chi connectivity index (χ0v) is 13.3. The van der Waals surface area contributed by atoms with Gasteiger partial charge in [-0.15, -0.1) is 10.2 Å². The monoisotopic (exact) mass is 334 g/mol. The summed E-state index contributed by atoms with van der Waals surface area (Å²) < 4.78 is 12.9. The van der Waals surface area contributed by atoms with Crippen LogP contribution in [0, 0.1) is 18.7 Å². The van der Waals surface area contributed by atoms with Crippen molar-refractivity contribution in [2.24, 2.45) is 5.92 Å². The number of nitrogens with zero attached hydrogens (tertiary/aromatic N) is 3. The molecule has 1 aromatic carbocycles. The Labute approximate surface area is 136 Å². The van der Waals surface area contributed by atoms with Crippen LogP contribution in [0.15, 0.2) is 24.3 Å². The quantitative estimate of drug-likeness (QED) is 0.928. The zero-order chi connectivity index (χ0) is 16.4. The maximum absolute atomic E-state index is 12.9. The van der Waals surface area contributed by atoms with Gasteiger partial charge >= 0.3 is 0 Å². The van der Waals surface area contributed by atoms with Crippen LogP contribution in [-0.4, -0.2) is 33.5 Å². The highest BCUT2D eigenvalue weighted by Gasteiger charge is 2.34. The van der Waals surface area contributed by atoms with Crippen LogP contribution in [0.2, 0.25) is 0 Å². The number of nitrogens with one attached hydrogen (secondary N) is 1. The van der Waals surface area contributed by atoms with E-state index >= 15 is 0 Å². The molecule has 1 unspecified atom stereocenters. The third-order valence-electron chi connectivity index (χ3n) is 3.63. The molecule has 1 aliphatic heterocycles. The number of hydrogen-bond acceptors (Lipinski definition) is 5. The summed E-state index contributed by atoms with van der Waals surface area (Å²) in [5.41, 5.74) is 0.834. The predicted octanol–water partition coefficient (Wildman–Crippen LogP) is 1.97. The van der Waals surface area contributed by atoms with Crippen molar-refractivity contribution < 1.29 is 14.0 Å². The molecule has 2 aromatic rings. The SMILES string of the molecule is Cc1nnc(NC(=O)C2CC(=O)N(Cc3ccc(F)cc3)C2)s1. The maximum Gasteiger partial charge on any atom is 0.231 e. The normalized spacial score (nSPS) is 17.6. The van der Waals surface area contributed by atoms with Gasteiger partial charge in [-0.3, -0.25) is 9.59 Å². The number of carbonyl (C=O) groups excluding carboxylic acids is 2. The summed E-state index contributed by atoms with van der Waals surface area (Å²) >= 11 is 1.29. The van der Waals surface area contributed by atoms with Crippen molar-refractivity contribution >= 4 is 28.3 Å². The third-order valence-corrected chi connectivity index (χ3v) is 4.38. The summed E-state index contributed by atoms with van der Waals surface area (Å²) in [6.07, 6.45) is 0.171. The first-order valence-electron chi connectivity index (χ1n) is 7.14. The number of benzene rings is 1. The third kappa shape index (κ3) is 3.70. The van der Waals surface area contributed by atoms with Gasteiger partial charge in [-0.2, -0.15) is 0 Å². The Morgan fingerprint density at radius 2 is 2.13 bits per heavy atom. The fourth-order valence-electron chi connectivity index (χ4n) is 2.47. The van der Waals surface area contributed by atoms with E-state index < -0.39 is 5.92 Å². The minimum atomic E-state index is -0.410. The molecule has 0 bridgehead atoms. The first-order chi connectivity index (χ1) is 11.0. The molecule has 120 valence electrons. The molecule has 0 aliphatic carbocycles. The molecule has 2 amide bonds. The van der Waals surface area contributed by atoms with E-state index in [1.54, 1.807) is 24.0 Å². The molecule has 2 heterocycles. The molecule has 1 N–H and O–H groups in total. The number of carbonyl (C=O) groups is 2. The first-order valence-corrected chi connectivity index (χ1v) is 7.96. The van der Waals surface area contributed by atoms with Gasteiger partial charge in [-0.25, -0.2) is 4.39 Å². The van der Waals surface area contributed by atoms with E-state index in [1.807, 2.05) is 0 Å². The van der Waals surface area contributed by atoms with Gasteiger partial charge in [-0.1, -0.05) is 23.5 Å². The van der Waals surface area contributed by atoms with Crippen LogP contribution >= 0.6 is 11.3 Å². The summed E-state index contributed by atoms with van der Waals surface area (Å²) in [6.45, 7) is 2.53. The number of anilines is 1. The number of hydrogen-bond donors (Lipinski definition) is 1. The Morgan fingerprint density at radius 3 is 2.78 bits per heavy atom. The molecule has 0 spiro atoms. The second-order valence-electron chi connectivity index (χ2n) is 5.42. The molecule has 1 fully saturated rings. The Balaban J connectivity index is 1.60. The van der Waals surface area contributed by atoms with Gasteiger partial charge in [0.05, 0.1) is 5.92 Å². The van der Waals surface area contributed by atoms with Crippen molar-refractivity contribution in [1.82, 2.24) is 15.1 Å². The van der Waals surface area contributed by atoms with Crippen molar-refractivity contribution in [2.75, 3.05) is 11.9 Å². The second-order valence-corrected chi connectivity index (χ2v) is 6.60. The highest BCUT2D eigenvalue weighted by Crippen LogP contribution is 2.23. The minimum absolute atomic E-state index is 0.0806. The van der Waals surface area contributed by atoms with Crippen molar-refractivity contribution in [3.63, 3.8) is 0 Å². The average Bonchev–Trinajstić information content (AvgIpc) is 3.08. The summed E-state index contributed by atoms with van der Waals surface area (Å²) in [6, 6.07) is 6.00. The van der Waals surface area contributed by atoms with Crippen molar-refractivity contribution in [3.05, 3.63) is 40.7 Å². The molecule has 0 radical (unpaired) electrons. The number of aromatic nitrogens is 2. The summed E-state index contributed by atoms with van der Waals surface area (Å²) in [4.78, 5) is 25.9. The van der Waals surface area contributed by atoms with Crippen LogP contribution in [0.4, 0.5) is 9.52 Å². The molecule has 1 saturated heterocycles. The smallest absolute Gasteiger partial charge is 0.231 e. The van der Waals surface area contributed by atoms with E-state index in [-0.39, 0.29) is 24.1 Å². The van der Waals surface area contributed by atoms with Gasteiger partial charge in [0.2, 0.25) is 16.9 Å². The second kappa shape index (κ2) is 6.41. The summed E-state index contributed by atoms with van der Waals surface area (Å²) in [5.74, 6) is -1.03. The molecule has 6 nitrogen and oxygen atoms in total. The van der Waals surface area contributed by atoms with Crippen LogP contribution in [0.25, 0.3) is 0 Å². The fourth-order valence-corrected chi connectivity index (χ4v) is 3.06. The molecule has 8 heteroatoms. The fraction of sp³-hybridized carbons (Fsp3) is 0.333. The number of likely N-dealkylation sites (tertiary alicyclic amines) is 1. The van der Waals surface area contributed by atoms with Gasteiger partial charge in [-0.05, 0) is 24.6 Å². The molecule has 0 saturated carbocycles. The van der Waals surface area contributed by atoms with E-state index in [2.05, 4.69) is 15.5 Å². The lowest BCUT2D eigenvalue weighted by Crippen LogP contribution is -2.28. The Hall–Kier alpha value is -2.35. The molecule has 1 atom stereocenters. The topological polar surface area (TPSA) is 75.2 Å². The van der Waals surface area contributed by atoms with Gasteiger partial charge in [0.25, 0.3) is 0 Å². The number of aryl methyl sites for hydroxylation is 1. The van der Waals surface area contributed by atoms with Crippen LogP contribution in [0.1, 0.15) is 17.0 Å². The van der Waals surface area contributed by atoms with Crippen molar-refractivity contribution in [1.29, 1.82) is 0 Å². The molecule has 3 rings (SSSR count). The van der Waals surface area contributed by atoms with Crippen LogP contribution in [0.3, 0.4) is 0 Å². The number of amides is 2. The largest absolute Gasteiger partial charge is 0.338 e. The van der Waals surface area contributed by atoms with E-state index in [0.29, 0.717) is 18.2 Å². The highest BCUT2D eigenvalue weighted by molar-refractivity contribution is 7.15. The van der Waals surface area contributed by atoms with E-state index in [0.717, 1.165) is 10.6 Å². The van der Waals surface area contributed by atoms with Crippen LogP contribution in [0.5, 0.6) is 0 Å².